The largest absolute Gasteiger partial charge is 0.379 e. The third-order valence-corrected chi connectivity index (χ3v) is 4.95. The molecule has 5 nitrogen and oxygen atoms in total. The number of ether oxygens (including phenoxy) is 1. The number of halogens is 1. The lowest BCUT2D eigenvalue weighted by Crippen LogP contribution is -2.47. The van der Waals surface area contributed by atoms with Crippen molar-refractivity contribution in [3.63, 3.8) is 0 Å². The monoisotopic (exact) mass is 349 g/mol. The molecule has 1 aliphatic heterocycles. The van der Waals surface area contributed by atoms with E-state index in [1.54, 1.807) is 17.5 Å². The van der Waals surface area contributed by atoms with Gasteiger partial charge in [-0.25, -0.2) is 9.37 Å². The molecule has 1 unspecified atom stereocenters. The fraction of sp³-hybridized carbons (Fsp3) is 0.412. The molecule has 1 saturated heterocycles. The lowest BCUT2D eigenvalue weighted by molar-refractivity contribution is 0.0204. The van der Waals surface area contributed by atoms with Gasteiger partial charge in [-0.2, -0.15) is 0 Å². The predicted molar refractivity (Wildman–Crippen MR) is 91.7 cm³/mol. The Hall–Kier alpha value is -1.83. The minimum atomic E-state index is -0.287. The van der Waals surface area contributed by atoms with Gasteiger partial charge in [0.25, 0.3) is 5.91 Å². The first-order valence-electron chi connectivity index (χ1n) is 7.95. The Morgan fingerprint density at radius 2 is 2.08 bits per heavy atom. The van der Waals surface area contributed by atoms with Gasteiger partial charge >= 0.3 is 0 Å². The van der Waals surface area contributed by atoms with Crippen molar-refractivity contribution in [2.45, 2.75) is 13.0 Å². The zero-order valence-corrected chi connectivity index (χ0v) is 14.3. The van der Waals surface area contributed by atoms with Gasteiger partial charge in [-0.05, 0) is 31.2 Å². The molecule has 7 heteroatoms. The van der Waals surface area contributed by atoms with E-state index in [0.717, 1.165) is 31.9 Å². The second-order valence-electron chi connectivity index (χ2n) is 5.75. The van der Waals surface area contributed by atoms with Gasteiger partial charge in [0.2, 0.25) is 0 Å². The number of amides is 1. The van der Waals surface area contributed by atoms with Crippen LogP contribution in [-0.4, -0.2) is 54.7 Å². The van der Waals surface area contributed by atoms with Gasteiger partial charge in [0.1, 0.15) is 16.5 Å². The molecule has 24 heavy (non-hydrogen) atoms. The fourth-order valence-electron chi connectivity index (χ4n) is 2.58. The molecular weight excluding hydrogens is 329 g/mol. The first-order valence-corrected chi connectivity index (χ1v) is 8.83. The van der Waals surface area contributed by atoms with Crippen molar-refractivity contribution in [3.05, 3.63) is 41.2 Å². The van der Waals surface area contributed by atoms with Crippen molar-refractivity contribution in [2.24, 2.45) is 0 Å². The van der Waals surface area contributed by atoms with E-state index in [-0.39, 0.29) is 17.8 Å². The van der Waals surface area contributed by atoms with E-state index in [1.807, 2.05) is 0 Å². The second kappa shape index (κ2) is 7.83. The molecule has 128 valence electrons. The van der Waals surface area contributed by atoms with Crippen LogP contribution in [0, 0.1) is 5.82 Å². The third kappa shape index (κ3) is 4.17. The quantitative estimate of drug-likeness (QED) is 0.901. The summed E-state index contributed by atoms with van der Waals surface area (Å²) in [5.74, 6) is -0.468. The molecule has 0 radical (unpaired) electrons. The summed E-state index contributed by atoms with van der Waals surface area (Å²) < 4.78 is 18.3. The SMILES string of the molecule is CC(CNC(=O)c1csc(-c2ccc(F)cc2)n1)N1CCOCC1. The summed E-state index contributed by atoms with van der Waals surface area (Å²) in [7, 11) is 0. The Labute approximate surface area is 144 Å². The number of carbonyl (C=O) groups excluding carboxylic acids is 1. The molecule has 0 saturated carbocycles. The number of hydrogen-bond donors (Lipinski definition) is 1. The van der Waals surface area contributed by atoms with Crippen LogP contribution in [0.4, 0.5) is 4.39 Å². The van der Waals surface area contributed by atoms with Gasteiger partial charge < -0.3 is 10.1 Å². The molecule has 0 aliphatic carbocycles. The lowest BCUT2D eigenvalue weighted by atomic mass is 10.2. The molecule has 0 spiro atoms. The van der Waals surface area contributed by atoms with E-state index in [1.165, 1.54) is 23.5 Å². The Morgan fingerprint density at radius 3 is 2.79 bits per heavy atom. The van der Waals surface area contributed by atoms with Crippen LogP contribution in [0.3, 0.4) is 0 Å². The molecule has 0 bridgehead atoms. The van der Waals surface area contributed by atoms with E-state index in [0.29, 0.717) is 17.2 Å². The van der Waals surface area contributed by atoms with Gasteiger partial charge in [0, 0.05) is 36.6 Å². The summed E-state index contributed by atoms with van der Waals surface area (Å²) in [4.78, 5) is 18.9. The average Bonchev–Trinajstić information content (AvgIpc) is 3.11. The first-order chi connectivity index (χ1) is 11.6. The third-order valence-electron chi connectivity index (χ3n) is 4.06. The van der Waals surface area contributed by atoms with Crippen LogP contribution in [0.15, 0.2) is 29.6 Å². The summed E-state index contributed by atoms with van der Waals surface area (Å²) in [6.45, 7) is 5.93. The van der Waals surface area contributed by atoms with Crippen molar-refractivity contribution in [1.82, 2.24) is 15.2 Å². The highest BCUT2D eigenvalue weighted by Gasteiger charge is 2.18. The summed E-state index contributed by atoms with van der Waals surface area (Å²) in [5.41, 5.74) is 1.20. The molecule has 1 amide bonds. The smallest absolute Gasteiger partial charge is 0.270 e. The Kier molecular flexibility index (Phi) is 5.55. The van der Waals surface area contributed by atoms with E-state index in [9.17, 15) is 9.18 Å². The molecule has 1 atom stereocenters. The number of benzene rings is 1. The van der Waals surface area contributed by atoms with Crippen LogP contribution < -0.4 is 5.32 Å². The number of thiazole rings is 1. The fourth-order valence-corrected chi connectivity index (χ4v) is 3.39. The highest BCUT2D eigenvalue weighted by molar-refractivity contribution is 7.13. The van der Waals surface area contributed by atoms with Crippen LogP contribution in [0.5, 0.6) is 0 Å². The number of carbonyl (C=O) groups is 1. The van der Waals surface area contributed by atoms with Gasteiger partial charge in [-0.15, -0.1) is 11.3 Å². The van der Waals surface area contributed by atoms with Crippen LogP contribution in [0.25, 0.3) is 10.6 Å². The number of aromatic nitrogens is 1. The van der Waals surface area contributed by atoms with Gasteiger partial charge in [0.05, 0.1) is 13.2 Å². The normalized spacial score (nSPS) is 16.8. The number of nitrogens with zero attached hydrogens (tertiary/aromatic N) is 2. The molecule has 1 N–H and O–H groups in total. The number of nitrogens with one attached hydrogen (secondary N) is 1. The predicted octanol–water partition coefficient (Wildman–Crippen LogP) is 2.40. The molecule has 2 aromatic rings. The average molecular weight is 349 g/mol. The van der Waals surface area contributed by atoms with Gasteiger partial charge in [0.15, 0.2) is 0 Å². The van der Waals surface area contributed by atoms with Crippen molar-refractivity contribution in [1.29, 1.82) is 0 Å². The number of morpholine rings is 1. The number of hydrogen-bond acceptors (Lipinski definition) is 5. The van der Waals surface area contributed by atoms with Crippen LogP contribution in [-0.2, 0) is 4.74 Å². The van der Waals surface area contributed by atoms with E-state index >= 15 is 0 Å². The Balaban J connectivity index is 1.56. The summed E-state index contributed by atoms with van der Waals surface area (Å²) in [6.07, 6.45) is 0. The first kappa shape index (κ1) is 17.0. The maximum atomic E-state index is 13.0. The standard InChI is InChI=1S/C17H20FN3O2S/c1-12(21-6-8-23-9-7-21)10-19-16(22)15-11-24-17(20-15)13-2-4-14(18)5-3-13/h2-5,11-12H,6-10H2,1H3,(H,19,22). The maximum Gasteiger partial charge on any atom is 0.270 e. The van der Waals surface area contributed by atoms with Crippen molar-refractivity contribution in [2.75, 3.05) is 32.8 Å². The molecule has 2 heterocycles. The van der Waals surface area contributed by atoms with Crippen LogP contribution in [0.2, 0.25) is 0 Å². The minimum Gasteiger partial charge on any atom is -0.379 e. The highest BCUT2D eigenvalue weighted by Crippen LogP contribution is 2.23. The molecule has 3 rings (SSSR count). The van der Waals surface area contributed by atoms with Crippen molar-refractivity contribution in [3.8, 4) is 10.6 Å². The highest BCUT2D eigenvalue weighted by atomic mass is 32.1. The van der Waals surface area contributed by atoms with Gasteiger partial charge in [-0.3, -0.25) is 9.69 Å². The lowest BCUT2D eigenvalue weighted by Gasteiger charge is -2.32. The Bertz CT molecular complexity index is 683. The van der Waals surface area contributed by atoms with E-state index in [4.69, 9.17) is 4.74 Å². The van der Waals surface area contributed by atoms with Crippen LogP contribution in [0.1, 0.15) is 17.4 Å². The summed E-state index contributed by atoms with van der Waals surface area (Å²) >= 11 is 1.38. The molecule has 1 aromatic heterocycles. The summed E-state index contributed by atoms with van der Waals surface area (Å²) in [5, 5.41) is 5.37. The van der Waals surface area contributed by atoms with Gasteiger partial charge in [-0.1, -0.05) is 0 Å². The minimum absolute atomic E-state index is 0.181. The zero-order chi connectivity index (χ0) is 16.9. The topological polar surface area (TPSA) is 54.5 Å². The molecule has 1 aliphatic rings. The van der Waals surface area contributed by atoms with Crippen LogP contribution >= 0.6 is 11.3 Å². The summed E-state index contributed by atoms with van der Waals surface area (Å²) in [6, 6.07) is 6.36. The van der Waals surface area contributed by atoms with E-state index < -0.39 is 0 Å². The Morgan fingerprint density at radius 1 is 1.38 bits per heavy atom. The van der Waals surface area contributed by atoms with Crippen molar-refractivity contribution >= 4 is 17.2 Å². The molecule has 1 fully saturated rings. The molecular formula is C17H20FN3O2S. The van der Waals surface area contributed by atoms with E-state index in [2.05, 4.69) is 22.1 Å². The second-order valence-corrected chi connectivity index (χ2v) is 6.61. The molecule has 1 aromatic carbocycles. The maximum absolute atomic E-state index is 13.0. The van der Waals surface area contributed by atoms with Crippen molar-refractivity contribution < 1.29 is 13.9 Å². The number of rotatable bonds is 5. The zero-order valence-electron chi connectivity index (χ0n) is 13.5.